The van der Waals surface area contributed by atoms with Crippen molar-refractivity contribution in [1.82, 2.24) is 0 Å². The van der Waals surface area contributed by atoms with Crippen LogP contribution >= 0.6 is 23.2 Å². The van der Waals surface area contributed by atoms with Crippen LogP contribution in [0.25, 0.3) is 0 Å². The Morgan fingerprint density at radius 3 is 2.58 bits per heavy atom. The van der Waals surface area contributed by atoms with Crippen LogP contribution in [0.2, 0.25) is 5.02 Å². The highest BCUT2D eigenvalue weighted by molar-refractivity contribution is 6.33. The Hall–Kier alpha value is -0.730. The fraction of sp³-hybridized carbons (Fsp3) is 0.125. The van der Waals surface area contributed by atoms with Gasteiger partial charge in [0.1, 0.15) is 0 Å². The van der Waals surface area contributed by atoms with Gasteiger partial charge >= 0.3 is 5.97 Å². The molecule has 0 unspecified atom stereocenters. The lowest BCUT2D eigenvalue weighted by Gasteiger charge is -1.99. The van der Waals surface area contributed by atoms with E-state index < -0.39 is 5.97 Å². The van der Waals surface area contributed by atoms with Gasteiger partial charge in [0.25, 0.3) is 0 Å². The monoisotopic (exact) mass is 204 g/mol. The maximum atomic E-state index is 10.5. The molecule has 64 valence electrons. The van der Waals surface area contributed by atoms with Crippen molar-refractivity contribution in [3.8, 4) is 0 Å². The quantitative estimate of drug-likeness (QED) is 0.753. The highest BCUT2D eigenvalue weighted by Gasteiger charge is 2.07. The summed E-state index contributed by atoms with van der Waals surface area (Å²) >= 11 is 11.2. The molecule has 0 saturated heterocycles. The van der Waals surface area contributed by atoms with E-state index in [1.165, 1.54) is 6.07 Å². The predicted octanol–water partition coefficient (Wildman–Crippen LogP) is 2.78. The summed E-state index contributed by atoms with van der Waals surface area (Å²) in [6.45, 7) is 0. The first-order valence-corrected chi connectivity index (χ1v) is 4.14. The molecule has 0 heterocycles. The summed E-state index contributed by atoms with van der Waals surface area (Å²) in [6, 6.07) is 4.64. The summed E-state index contributed by atoms with van der Waals surface area (Å²) in [5.41, 5.74) is 0.914. The first-order chi connectivity index (χ1) is 5.65. The van der Waals surface area contributed by atoms with Crippen LogP contribution in [-0.2, 0) is 5.88 Å². The van der Waals surface area contributed by atoms with Gasteiger partial charge in [0, 0.05) is 5.88 Å². The van der Waals surface area contributed by atoms with Gasteiger partial charge in [0.2, 0.25) is 0 Å². The average Bonchev–Trinajstić information content (AvgIpc) is 2.03. The van der Waals surface area contributed by atoms with Gasteiger partial charge in [-0.2, -0.15) is 0 Å². The number of alkyl halides is 1. The molecule has 0 aliphatic rings. The summed E-state index contributed by atoms with van der Waals surface area (Å²) in [4.78, 5) is 10.5. The largest absolute Gasteiger partial charge is 0.478 e. The van der Waals surface area contributed by atoms with Crippen LogP contribution in [0.5, 0.6) is 0 Å². The molecule has 1 aromatic rings. The van der Waals surface area contributed by atoms with E-state index in [9.17, 15) is 4.79 Å². The van der Waals surface area contributed by atoms with Crippen molar-refractivity contribution in [2.45, 2.75) is 5.88 Å². The van der Waals surface area contributed by atoms with Gasteiger partial charge in [-0.05, 0) is 17.7 Å². The number of carboxylic acid groups (broad SMARTS) is 1. The molecule has 4 heteroatoms. The number of hydrogen-bond donors (Lipinski definition) is 1. The molecular weight excluding hydrogens is 199 g/mol. The molecule has 1 N–H and O–H groups in total. The van der Waals surface area contributed by atoms with Crippen molar-refractivity contribution in [2.75, 3.05) is 0 Å². The zero-order valence-corrected chi connectivity index (χ0v) is 7.56. The van der Waals surface area contributed by atoms with Gasteiger partial charge in [-0.25, -0.2) is 4.79 Å². The van der Waals surface area contributed by atoms with Crippen molar-refractivity contribution in [2.24, 2.45) is 0 Å². The Balaban J connectivity index is 3.12. The Bertz CT molecular complexity index is 310. The van der Waals surface area contributed by atoms with Gasteiger partial charge < -0.3 is 5.11 Å². The van der Waals surface area contributed by atoms with E-state index in [0.717, 1.165) is 5.56 Å². The minimum atomic E-state index is -1.03. The van der Waals surface area contributed by atoms with Gasteiger partial charge in [0.15, 0.2) is 0 Å². The van der Waals surface area contributed by atoms with E-state index in [1.807, 2.05) is 0 Å². The molecule has 1 aromatic carbocycles. The van der Waals surface area contributed by atoms with E-state index in [0.29, 0.717) is 5.88 Å². The highest BCUT2D eigenvalue weighted by Crippen LogP contribution is 2.18. The standard InChI is InChI=1S/C8H6Cl2O2/c9-4-5-1-2-6(8(11)12)7(10)3-5/h1-3H,4H2,(H,11,12). The maximum absolute atomic E-state index is 10.5. The molecule has 0 aliphatic heterocycles. The summed E-state index contributed by atoms with van der Waals surface area (Å²) < 4.78 is 0. The number of carboxylic acids is 1. The predicted molar refractivity (Wildman–Crippen MR) is 48.0 cm³/mol. The first kappa shape index (κ1) is 9.36. The second kappa shape index (κ2) is 3.78. The van der Waals surface area contributed by atoms with Crippen LogP contribution in [0.15, 0.2) is 18.2 Å². The molecule has 0 amide bonds. The molecule has 0 bridgehead atoms. The molecule has 2 nitrogen and oxygen atoms in total. The van der Waals surface area contributed by atoms with Crippen molar-refractivity contribution < 1.29 is 9.90 Å². The molecule has 12 heavy (non-hydrogen) atoms. The molecular formula is C8H6Cl2O2. The number of hydrogen-bond acceptors (Lipinski definition) is 1. The highest BCUT2D eigenvalue weighted by atomic mass is 35.5. The van der Waals surface area contributed by atoms with Gasteiger partial charge in [-0.1, -0.05) is 17.7 Å². The van der Waals surface area contributed by atoms with Crippen molar-refractivity contribution in [1.29, 1.82) is 0 Å². The van der Waals surface area contributed by atoms with Crippen LogP contribution in [0, 0.1) is 0 Å². The average molecular weight is 205 g/mol. The Kier molecular flexibility index (Phi) is 2.95. The minimum Gasteiger partial charge on any atom is -0.478 e. The molecule has 0 radical (unpaired) electrons. The molecule has 0 spiro atoms. The van der Waals surface area contributed by atoms with Crippen LogP contribution < -0.4 is 0 Å². The van der Waals surface area contributed by atoms with Gasteiger partial charge in [-0.15, -0.1) is 11.6 Å². The van der Waals surface area contributed by atoms with Crippen LogP contribution in [-0.4, -0.2) is 11.1 Å². The summed E-state index contributed by atoms with van der Waals surface area (Å²) in [7, 11) is 0. The second-order valence-corrected chi connectivity index (χ2v) is 2.93. The topological polar surface area (TPSA) is 37.3 Å². The van der Waals surface area contributed by atoms with Crippen molar-refractivity contribution >= 4 is 29.2 Å². The zero-order valence-electron chi connectivity index (χ0n) is 6.05. The van der Waals surface area contributed by atoms with Crippen molar-refractivity contribution in [3.05, 3.63) is 34.3 Å². The third-order valence-electron chi connectivity index (χ3n) is 1.42. The number of rotatable bonds is 2. The third-order valence-corrected chi connectivity index (χ3v) is 2.04. The van der Waals surface area contributed by atoms with Crippen LogP contribution in [0.1, 0.15) is 15.9 Å². The summed E-state index contributed by atoms with van der Waals surface area (Å²) in [5.74, 6) is -0.694. The smallest absolute Gasteiger partial charge is 0.337 e. The maximum Gasteiger partial charge on any atom is 0.337 e. The molecule has 0 saturated carbocycles. The Morgan fingerprint density at radius 2 is 2.17 bits per heavy atom. The summed E-state index contributed by atoms with van der Waals surface area (Å²) in [6.07, 6.45) is 0. The lowest BCUT2D eigenvalue weighted by Crippen LogP contribution is -1.97. The molecule has 0 fully saturated rings. The van der Waals surface area contributed by atoms with Crippen molar-refractivity contribution in [3.63, 3.8) is 0 Å². The van der Waals surface area contributed by atoms with E-state index >= 15 is 0 Å². The van der Waals surface area contributed by atoms with Crippen LogP contribution in [0.3, 0.4) is 0 Å². The fourth-order valence-corrected chi connectivity index (χ4v) is 1.27. The zero-order chi connectivity index (χ0) is 9.14. The lowest BCUT2D eigenvalue weighted by atomic mass is 10.1. The van der Waals surface area contributed by atoms with E-state index in [4.69, 9.17) is 28.3 Å². The van der Waals surface area contributed by atoms with E-state index in [1.54, 1.807) is 12.1 Å². The Morgan fingerprint density at radius 1 is 1.50 bits per heavy atom. The lowest BCUT2D eigenvalue weighted by molar-refractivity contribution is 0.0697. The number of aromatic carboxylic acids is 1. The molecule has 0 aromatic heterocycles. The van der Waals surface area contributed by atoms with Gasteiger partial charge in [0.05, 0.1) is 10.6 Å². The fourth-order valence-electron chi connectivity index (χ4n) is 0.815. The molecule has 0 atom stereocenters. The molecule has 1 rings (SSSR count). The number of carbonyl (C=O) groups is 1. The molecule has 0 aliphatic carbocycles. The normalized spacial score (nSPS) is 9.83. The number of halogens is 2. The third kappa shape index (κ3) is 1.90. The first-order valence-electron chi connectivity index (χ1n) is 3.23. The SMILES string of the molecule is O=C(O)c1ccc(CCl)cc1Cl. The summed E-state index contributed by atoms with van der Waals surface area (Å²) in [5, 5.41) is 8.83. The van der Waals surface area contributed by atoms with E-state index in [-0.39, 0.29) is 10.6 Å². The number of benzene rings is 1. The second-order valence-electron chi connectivity index (χ2n) is 2.25. The van der Waals surface area contributed by atoms with Gasteiger partial charge in [-0.3, -0.25) is 0 Å². The van der Waals surface area contributed by atoms with Crippen LogP contribution in [0.4, 0.5) is 0 Å². The minimum absolute atomic E-state index is 0.102. The Labute approximate surface area is 79.7 Å². The van der Waals surface area contributed by atoms with E-state index in [2.05, 4.69) is 0 Å².